The van der Waals surface area contributed by atoms with E-state index in [1.165, 1.54) is 18.2 Å². The molecule has 4 nitrogen and oxygen atoms in total. The Morgan fingerprint density at radius 3 is 2.71 bits per heavy atom. The zero-order valence-electron chi connectivity index (χ0n) is 11.3. The number of hydrogen-bond acceptors (Lipinski definition) is 4. The van der Waals surface area contributed by atoms with Crippen LogP contribution in [-0.4, -0.2) is 24.0 Å². The van der Waals surface area contributed by atoms with E-state index in [4.69, 9.17) is 4.74 Å². The largest absolute Gasteiger partial charge is 0.507 e. The molecule has 0 spiro atoms. The van der Waals surface area contributed by atoms with E-state index in [2.05, 4.69) is 0 Å². The van der Waals surface area contributed by atoms with Crippen molar-refractivity contribution in [3.63, 3.8) is 0 Å². The van der Waals surface area contributed by atoms with Gasteiger partial charge in [-0.15, -0.1) is 0 Å². The Balaban J connectivity index is 2.46. The molecule has 21 heavy (non-hydrogen) atoms. The lowest BCUT2D eigenvalue weighted by molar-refractivity contribution is 0.0521. The van der Waals surface area contributed by atoms with Crippen LogP contribution in [0.4, 0.5) is 4.39 Å². The number of para-hydroxylation sites is 1. The maximum Gasteiger partial charge on any atom is 0.341 e. The van der Waals surface area contributed by atoms with Crippen molar-refractivity contribution in [3.8, 4) is 16.9 Å². The van der Waals surface area contributed by atoms with Gasteiger partial charge in [-0.1, -0.05) is 18.2 Å². The minimum atomic E-state index is -0.748. The molecule has 0 atom stereocenters. The van der Waals surface area contributed by atoms with Gasteiger partial charge in [-0.2, -0.15) is 0 Å². The van der Waals surface area contributed by atoms with Crippen molar-refractivity contribution in [2.45, 2.75) is 6.92 Å². The van der Waals surface area contributed by atoms with Gasteiger partial charge in [-0.25, -0.2) is 9.18 Å². The monoisotopic (exact) mass is 288 g/mol. The van der Waals surface area contributed by atoms with Gasteiger partial charge < -0.3 is 9.84 Å². The van der Waals surface area contributed by atoms with Gasteiger partial charge in [-0.05, 0) is 30.7 Å². The van der Waals surface area contributed by atoms with E-state index in [1.807, 2.05) is 0 Å². The van der Waals surface area contributed by atoms with Gasteiger partial charge in [-0.3, -0.25) is 4.79 Å². The standard InChI is InChI=1S/C16H13FO4/c1-2-21-16(20)13-7-6-10(8-14(13)17)12-5-3-4-11(9-18)15(12)19/h3-9,19H,2H2,1H3. The summed E-state index contributed by atoms with van der Waals surface area (Å²) >= 11 is 0. The van der Waals surface area contributed by atoms with Crippen LogP contribution in [0.3, 0.4) is 0 Å². The molecule has 0 amide bonds. The van der Waals surface area contributed by atoms with Crippen molar-refractivity contribution in [2.24, 2.45) is 0 Å². The average Bonchev–Trinajstić information content (AvgIpc) is 2.47. The summed E-state index contributed by atoms with van der Waals surface area (Å²) < 4.78 is 18.7. The van der Waals surface area contributed by atoms with E-state index in [0.717, 1.165) is 6.07 Å². The zero-order chi connectivity index (χ0) is 15.4. The van der Waals surface area contributed by atoms with E-state index in [9.17, 15) is 19.1 Å². The Morgan fingerprint density at radius 1 is 1.33 bits per heavy atom. The average molecular weight is 288 g/mol. The lowest BCUT2D eigenvalue weighted by Crippen LogP contribution is -2.07. The molecule has 0 bridgehead atoms. The highest BCUT2D eigenvalue weighted by molar-refractivity contribution is 5.91. The van der Waals surface area contributed by atoms with Crippen LogP contribution in [-0.2, 0) is 4.74 Å². The van der Waals surface area contributed by atoms with Crippen LogP contribution in [0.2, 0.25) is 0 Å². The Kier molecular flexibility index (Phi) is 4.33. The number of phenolic OH excluding ortho intramolecular Hbond substituents is 1. The van der Waals surface area contributed by atoms with Gasteiger partial charge in [0.25, 0.3) is 0 Å². The van der Waals surface area contributed by atoms with Crippen molar-refractivity contribution < 1.29 is 23.8 Å². The molecule has 0 fully saturated rings. The second kappa shape index (κ2) is 6.17. The van der Waals surface area contributed by atoms with Crippen LogP contribution in [0.25, 0.3) is 11.1 Å². The molecule has 2 rings (SSSR count). The SMILES string of the molecule is CCOC(=O)c1ccc(-c2cccc(C=O)c2O)cc1F. The first-order valence-corrected chi connectivity index (χ1v) is 6.32. The molecule has 0 aliphatic rings. The van der Waals surface area contributed by atoms with Crippen LogP contribution in [0.1, 0.15) is 27.6 Å². The summed E-state index contributed by atoms with van der Waals surface area (Å²) in [4.78, 5) is 22.3. The van der Waals surface area contributed by atoms with Crippen molar-refractivity contribution in [1.29, 1.82) is 0 Å². The maximum atomic E-state index is 14.0. The highest BCUT2D eigenvalue weighted by Gasteiger charge is 2.15. The highest BCUT2D eigenvalue weighted by atomic mass is 19.1. The van der Waals surface area contributed by atoms with E-state index in [-0.39, 0.29) is 23.5 Å². The smallest absolute Gasteiger partial charge is 0.341 e. The predicted octanol–water partition coefficient (Wildman–Crippen LogP) is 3.19. The number of hydrogen-bond donors (Lipinski definition) is 1. The molecule has 0 saturated carbocycles. The molecule has 0 aromatic heterocycles. The molecule has 0 aliphatic carbocycles. The van der Waals surface area contributed by atoms with Gasteiger partial charge >= 0.3 is 5.97 Å². The molecular weight excluding hydrogens is 275 g/mol. The number of rotatable bonds is 4. The van der Waals surface area contributed by atoms with Crippen LogP contribution in [0.15, 0.2) is 36.4 Å². The van der Waals surface area contributed by atoms with Crippen LogP contribution >= 0.6 is 0 Å². The van der Waals surface area contributed by atoms with E-state index in [1.54, 1.807) is 19.1 Å². The first-order valence-electron chi connectivity index (χ1n) is 6.32. The molecule has 108 valence electrons. The van der Waals surface area contributed by atoms with E-state index in [0.29, 0.717) is 17.4 Å². The van der Waals surface area contributed by atoms with Gasteiger partial charge in [0, 0.05) is 5.56 Å². The molecule has 1 N–H and O–H groups in total. The molecule has 2 aromatic rings. The molecule has 0 heterocycles. The second-order valence-electron chi connectivity index (χ2n) is 4.28. The topological polar surface area (TPSA) is 63.6 Å². The molecular formula is C16H13FO4. The summed E-state index contributed by atoms with van der Waals surface area (Å²) in [5.74, 6) is -1.72. The van der Waals surface area contributed by atoms with Crippen molar-refractivity contribution in [1.82, 2.24) is 0 Å². The Morgan fingerprint density at radius 2 is 2.10 bits per heavy atom. The van der Waals surface area contributed by atoms with Crippen molar-refractivity contribution in [3.05, 3.63) is 53.3 Å². The number of esters is 1. The number of ether oxygens (including phenoxy) is 1. The van der Waals surface area contributed by atoms with Crippen LogP contribution in [0.5, 0.6) is 5.75 Å². The third kappa shape index (κ3) is 2.91. The number of carbonyl (C=O) groups excluding carboxylic acids is 2. The second-order valence-corrected chi connectivity index (χ2v) is 4.28. The fourth-order valence-corrected chi connectivity index (χ4v) is 1.95. The molecule has 0 saturated heterocycles. The normalized spacial score (nSPS) is 10.2. The molecule has 5 heteroatoms. The zero-order valence-corrected chi connectivity index (χ0v) is 11.3. The summed E-state index contributed by atoms with van der Waals surface area (Å²) in [6.45, 7) is 1.79. The fraction of sp³-hybridized carbons (Fsp3) is 0.125. The Bertz CT molecular complexity index is 695. The summed E-state index contributed by atoms with van der Waals surface area (Å²) in [6.07, 6.45) is 0.516. The minimum Gasteiger partial charge on any atom is -0.507 e. The number of aldehydes is 1. The number of phenols is 1. The lowest BCUT2D eigenvalue weighted by Gasteiger charge is -2.08. The van der Waals surface area contributed by atoms with Crippen LogP contribution in [0, 0.1) is 5.82 Å². The Hall–Kier alpha value is -2.69. The predicted molar refractivity (Wildman–Crippen MR) is 74.8 cm³/mol. The van der Waals surface area contributed by atoms with Gasteiger partial charge in [0.1, 0.15) is 11.6 Å². The van der Waals surface area contributed by atoms with Crippen molar-refractivity contribution >= 4 is 12.3 Å². The maximum absolute atomic E-state index is 14.0. The lowest BCUT2D eigenvalue weighted by atomic mass is 10.0. The Labute approximate surface area is 120 Å². The van der Waals surface area contributed by atoms with Gasteiger partial charge in [0.2, 0.25) is 0 Å². The quantitative estimate of drug-likeness (QED) is 0.693. The summed E-state index contributed by atoms with van der Waals surface area (Å²) in [6, 6.07) is 8.48. The fourth-order valence-electron chi connectivity index (χ4n) is 1.95. The third-order valence-electron chi connectivity index (χ3n) is 2.97. The summed E-state index contributed by atoms with van der Waals surface area (Å²) in [5.41, 5.74) is 0.615. The third-order valence-corrected chi connectivity index (χ3v) is 2.97. The molecule has 0 radical (unpaired) electrons. The number of carbonyl (C=O) groups is 2. The van der Waals surface area contributed by atoms with E-state index >= 15 is 0 Å². The van der Waals surface area contributed by atoms with Crippen LogP contribution < -0.4 is 0 Å². The first-order chi connectivity index (χ1) is 10.1. The minimum absolute atomic E-state index is 0.113. The molecule has 0 unspecified atom stereocenters. The van der Waals surface area contributed by atoms with Gasteiger partial charge in [0.05, 0.1) is 17.7 Å². The van der Waals surface area contributed by atoms with E-state index < -0.39 is 11.8 Å². The number of halogens is 1. The number of benzene rings is 2. The first kappa shape index (κ1) is 14.7. The molecule has 2 aromatic carbocycles. The summed E-state index contributed by atoms with van der Waals surface area (Å²) in [5, 5.41) is 9.95. The number of aromatic hydroxyl groups is 1. The van der Waals surface area contributed by atoms with Crippen molar-refractivity contribution in [2.75, 3.05) is 6.61 Å². The molecule has 0 aliphatic heterocycles. The van der Waals surface area contributed by atoms with Gasteiger partial charge in [0.15, 0.2) is 6.29 Å². The highest BCUT2D eigenvalue weighted by Crippen LogP contribution is 2.32. The summed E-state index contributed by atoms with van der Waals surface area (Å²) in [7, 11) is 0.